The third-order valence-electron chi connectivity index (χ3n) is 7.38. The SMILES string of the molecule is CCC(O)(C=Cc1ccc(C(CC)(CC)c2ccc(OCC(=O)NCCN)c(C)c2)cc1C)CC. The molecule has 35 heavy (non-hydrogen) atoms. The molecule has 2 aromatic carbocycles. The van der Waals surface area contributed by atoms with Crippen LogP contribution in [0.15, 0.2) is 42.5 Å². The Hall–Kier alpha value is -2.63. The van der Waals surface area contributed by atoms with E-state index in [2.05, 4.69) is 56.4 Å². The third kappa shape index (κ3) is 6.96. The second kappa shape index (κ2) is 12.9. The highest BCUT2D eigenvalue weighted by Crippen LogP contribution is 2.41. The number of aryl methyl sites for hydroxylation is 2. The molecular weight excluding hydrogens is 436 g/mol. The van der Waals surface area contributed by atoms with E-state index in [0.29, 0.717) is 31.7 Å². The molecule has 0 atom stereocenters. The van der Waals surface area contributed by atoms with Gasteiger partial charge < -0.3 is 20.9 Å². The zero-order chi connectivity index (χ0) is 26.1. The summed E-state index contributed by atoms with van der Waals surface area (Å²) in [5, 5.41) is 13.3. The lowest BCUT2D eigenvalue weighted by molar-refractivity contribution is -0.123. The van der Waals surface area contributed by atoms with Crippen LogP contribution in [0.25, 0.3) is 6.08 Å². The Morgan fingerprint density at radius 3 is 2.09 bits per heavy atom. The minimum atomic E-state index is -0.756. The number of benzene rings is 2. The highest BCUT2D eigenvalue weighted by atomic mass is 16.5. The molecule has 0 heterocycles. The summed E-state index contributed by atoms with van der Waals surface area (Å²) in [7, 11) is 0. The van der Waals surface area contributed by atoms with Gasteiger partial charge in [-0.1, -0.05) is 70.2 Å². The summed E-state index contributed by atoms with van der Waals surface area (Å²) in [6.07, 6.45) is 7.30. The van der Waals surface area contributed by atoms with Crippen molar-refractivity contribution in [3.8, 4) is 5.75 Å². The van der Waals surface area contributed by atoms with Gasteiger partial charge in [-0.3, -0.25) is 4.79 Å². The number of carbonyl (C=O) groups excluding carboxylic acids is 1. The van der Waals surface area contributed by atoms with E-state index in [0.717, 1.165) is 24.0 Å². The Bertz CT molecular complexity index is 1000. The van der Waals surface area contributed by atoms with Crippen LogP contribution in [0.3, 0.4) is 0 Å². The molecule has 0 unspecified atom stereocenters. The largest absolute Gasteiger partial charge is 0.484 e. The molecule has 0 saturated heterocycles. The van der Waals surface area contributed by atoms with Crippen LogP contribution in [0.2, 0.25) is 0 Å². The lowest BCUT2D eigenvalue weighted by atomic mass is 9.70. The Morgan fingerprint density at radius 2 is 1.57 bits per heavy atom. The van der Waals surface area contributed by atoms with Gasteiger partial charge in [-0.05, 0) is 73.4 Å². The minimum Gasteiger partial charge on any atom is -0.484 e. The molecule has 1 amide bonds. The van der Waals surface area contributed by atoms with Crippen LogP contribution in [0.5, 0.6) is 5.75 Å². The number of hydrogen-bond donors (Lipinski definition) is 3. The van der Waals surface area contributed by atoms with Crippen LogP contribution in [-0.2, 0) is 10.2 Å². The summed E-state index contributed by atoms with van der Waals surface area (Å²) in [5.41, 5.74) is 10.4. The fourth-order valence-corrected chi connectivity index (χ4v) is 4.64. The van der Waals surface area contributed by atoms with Crippen LogP contribution in [0, 0.1) is 13.8 Å². The van der Waals surface area contributed by atoms with Gasteiger partial charge in [0.15, 0.2) is 6.61 Å². The summed E-state index contributed by atoms with van der Waals surface area (Å²) < 4.78 is 5.76. The van der Waals surface area contributed by atoms with Gasteiger partial charge in [0.05, 0.1) is 5.60 Å². The van der Waals surface area contributed by atoms with Gasteiger partial charge in [-0.25, -0.2) is 0 Å². The highest BCUT2D eigenvalue weighted by molar-refractivity contribution is 5.77. The first-order chi connectivity index (χ1) is 16.7. The molecule has 0 bridgehead atoms. The Labute approximate surface area is 211 Å². The van der Waals surface area contributed by atoms with Crippen molar-refractivity contribution in [1.29, 1.82) is 0 Å². The lowest BCUT2D eigenvalue weighted by Gasteiger charge is -2.34. The molecule has 0 saturated carbocycles. The van der Waals surface area contributed by atoms with Crippen molar-refractivity contribution in [2.45, 2.75) is 78.2 Å². The van der Waals surface area contributed by atoms with Crippen molar-refractivity contribution < 1.29 is 14.6 Å². The van der Waals surface area contributed by atoms with E-state index in [1.165, 1.54) is 16.7 Å². The third-order valence-corrected chi connectivity index (χ3v) is 7.38. The number of nitrogens with one attached hydrogen (secondary N) is 1. The minimum absolute atomic E-state index is 0.0216. The van der Waals surface area contributed by atoms with Crippen LogP contribution in [0.4, 0.5) is 0 Å². The fraction of sp³-hybridized carbons (Fsp3) is 0.500. The van der Waals surface area contributed by atoms with Gasteiger partial charge in [0.25, 0.3) is 5.91 Å². The van der Waals surface area contributed by atoms with Gasteiger partial charge in [-0.15, -0.1) is 0 Å². The molecule has 0 aliphatic rings. The van der Waals surface area contributed by atoms with Gasteiger partial charge in [0.2, 0.25) is 0 Å². The van der Waals surface area contributed by atoms with E-state index >= 15 is 0 Å². The number of aliphatic hydroxyl groups is 1. The first kappa shape index (κ1) is 28.6. The molecule has 0 aliphatic carbocycles. The summed E-state index contributed by atoms with van der Waals surface area (Å²) in [4.78, 5) is 11.9. The van der Waals surface area contributed by atoms with Crippen molar-refractivity contribution in [1.82, 2.24) is 5.32 Å². The van der Waals surface area contributed by atoms with Crippen molar-refractivity contribution in [3.63, 3.8) is 0 Å². The second-order valence-electron chi connectivity index (χ2n) is 9.41. The molecule has 0 fully saturated rings. The van der Waals surface area contributed by atoms with Crippen LogP contribution < -0.4 is 15.8 Å². The normalized spacial score (nSPS) is 12.2. The molecule has 0 aromatic heterocycles. The van der Waals surface area contributed by atoms with E-state index in [1.807, 2.05) is 39.0 Å². The number of carbonyl (C=O) groups is 1. The van der Waals surface area contributed by atoms with Gasteiger partial charge in [0, 0.05) is 18.5 Å². The first-order valence-corrected chi connectivity index (χ1v) is 12.9. The second-order valence-corrected chi connectivity index (χ2v) is 9.41. The maximum absolute atomic E-state index is 11.9. The molecular formula is C30H44N2O3. The summed E-state index contributed by atoms with van der Waals surface area (Å²) in [6.45, 7) is 13.5. The van der Waals surface area contributed by atoms with Crippen molar-refractivity contribution in [3.05, 3.63) is 70.3 Å². The predicted molar refractivity (Wildman–Crippen MR) is 146 cm³/mol. The first-order valence-electron chi connectivity index (χ1n) is 12.9. The molecule has 2 rings (SSSR count). The van der Waals surface area contributed by atoms with Crippen LogP contribution in [0.1, 0.15) is 81.2 Å². The summed E-state index contributed by atoms with van der Waals surface area (Å²) in [5.74, 6) is 0.546. The molecule has 5 heteroatoms. The zero-order valence-electron chi connectivity index (χ0n) is 22.4. The standard InChI is InChI=1S/C30H44N2O3/c1-7-29(34,8-2)16-15-24-11-12-25(19-22(24)5)30(9-3,10-4)26-13-14-27(23(6)20-26)35-21-28(33)32-18-17-31/h11-16,19-20,34H,7-10,17-18,21,31H2,1-6H3,(H,32,33). The maximum atomic E-state index is 11.9. The molecule has 0 radical (unpaired) electrons. The van der Waals surface area contributed by atoms with Crippen LogP contribution >= 0.6 is 0 Å². The molecule has 0 spiro atoms. The number of hydrogen-bond acceptors (Lipinski definition) is 4. The Balaban J connectivity index is 2.33. The van der Waals surface area contributed by atoms with Crippen LogP contribution in [-0.4, -0.2) is 36.3 Å². The Kier molecular flexibility index (Phi) is 10.5. The number of nitrogens with two attached hydrogens (primary N) is 1. The quantitative estimate of drug-likeness (QED) is 0.357. The molecule has 192 valence electrons. The molecule has 5 nitrogen and oxygen atoms in total. The lowest BCUT2D eigenvalue weighted by Crippen LogP contribution is -2.33. The average Bonchev–Trinajstić information content (AvgIpc) is 2.87. The van der Waals surface area contributed by atoms with E-state index in [9.17, 15) is 9.90 Å². The van der Waals surface area contributed by atoms with Crippen molar-refractivity contribution >= 4 is 12.0 Å². The topological polar surface area (TPSA) is 84.6 Å². The van der Waals surface area contributed by atoms with Crippen molar-refractivity contribution in [2.24, 2.45) is 5.73 Å². The summed E-state index contributed by atoms with van der Waals surface area (Å²) in [6, 6.07) is 13.0. The predicted octanol–water partition coefficient (Wildman–Crippen LogP) is 5.43. The zero-order valence-corrected chi connectivity index (χ0v) is 22.4. The number of ether oxygens (including phenoxy) is 1. The fourth-order valence-electron chi connectivity index (χ4n) is 4.64. The van der Waals surface area contributed by atoms with Gasteiger partial charge in [0.1, 0.15) is 5.75 Å². The molecule has 2 aromatic rings. The van der Waals surface area contributed by atoms with Gasteiger partial charge in [-0.2, -0.15) is 0 Å². The Morgan fingerprint density at radius 1 is 0.971 bits per heavy atom. The van der Waals surface area contributed by atoms with E-state index in [-0.39, 0.29) is 17.9 Å². The maximum Gasteiger partial charge on any atom is 0.257 e. The van der Waals surface area contributed by atoms with E-state index < -0.39 is 5.60 Å². The van der Waals surface area contributed by atoms with Gasteiger partial charge >= 0.3 is 0 Å². The molecule has 4 N–H and O–H groups in total. The monoisotopic (exact) mass is 480 g/mol. The number of rotatable bonds is 13. The smallest absolute Gasteiger partial charge is 0.257 e. The average molecular weight is 481 g/mol. The van der Waals surface area contributed by atoms with E-state index in [4.69, 9.17) is 10.5 Å². The summed E-state index contributed by atoms with van der Waals surface area (Å²) >= 11 is 0. The van der Waals surface area contributed by atoms with E-state index in [1.54, 1.807) is 0 Å². The molecule has 0 aliphatic heterocycles. The highest BCUT2D eigenvalue weighted by Gasteiger charge is 2.31. The van der Waals surface area contributed by atoms with Crippen molar-refractivity contribution in [2.75, 3.05) is 19.7 Å². The number of amides is 1.